The van der Waals surface area contributed by atoms with Crippen molar-refractivity contribution in [2.24, 2.45) is 5.41 Å². The molecule has 1 aromatic carbocycles. The zero-order valence-electron chi connectivity index (χ0n) is 12.3. The van der Waals surface area contributed by atoms with E-state index < -0.39 is 0 Å². The Morgan fingerprint density at radius 1 is 1.32 bits per heavy atom. The Morgan fingerprint density at radius 3 is 2.58 bits per heavy atom. The third kappa shape index (κ3) is 2.83. The van der Waals surface area contributed by atoms with Gasteiger partial charge < -0.3 is 4.74 Å². The van der Waals surface area contributed by atoms with Gasteiger partial charge in [-0.05, 0) is 32.3 Å². The molecule has 2 rings (SSSR count). The molecular weight excluding hydrogens is 236 g/mol. The standard InChI is InChI=1S/C17H24O2/c1-4-17(9-5-6-10-17)16(18)12-14-11-13(2)7-8-15(14)19-3/h7-8,11H,4-6,9-10,12H2,1-3H3. The van der Waals surface area contributed by atoms with Crippen LogP contribution >= 0.6 is 0 Å². The van der Waals surface area contributed by atoms with Gasteiger partial charge in [-0.15, -0.1) is 0 Å². The van der Waals surface area contributed by atoms with Gasteiger partial charge in [-0.2, -0.15) is 0 Å². The van der Waals surface area contributed by atoms with E-state index in [1.807, 2.05) is 12.1 Å². The number of carbonyl (C=O) groups is 1. The summed E-state index contributed by atoms with van der Waals surface area (Å²) >= 11 is 0. The second kappa shape index (κ2) is 5.77. The molecule has 0 atom stereocenters. The summed E-state index contributed by atoms with van der Waals surface area (Å²) in [6.07, 6.45) is 6.01. The van der Waals surface area contributed by atoms with E-state index in [0.717, 1.165) is 30.6 Å². The summed E-state index contributed by atoms with van der Waals surface area (Å²) in [4.78, 5) is 12.7. The van der Waals surface area contributed by atoms with E-state index in [2.05, 4.69) is 19.9 Å². The molecule has 19 heavy (non-hydrogen) atoms. The van der Waals surface area contributed by atoms with Gasteiger partial charge in [-0.3, -0.25) is 4.79 Å². The van der Waals surface area contributed by atoms with Crippen LogP contribution in [0.25, 0.3) is 0 Å². The lowest BCUT2D eigenvalue weighted by Gasteiger charge is -2.26. The number of hydrogen-bond acceptors (Lipinski definition) is 2. The van der Waals surface area contributed by atoms with Crippen molar-refractivity contribution in [2.45, 2.75) is 52.4 Å². The van der Waals surface area contributed by atoms with Crippen molar-refractivity contribution in [1.82, 2.24) is 0 Å². The summed E-state index contributed by atoms with van der Waals surface area (Å²) in [7, 11) is 1.67. The minimum atomic E-state index is -0.0608. The van der Waals surface area contributed by atoms with Gasteiger partial charge in [0.25, 0.3) is 0 Å². The fourth-order valence-corrected chi connectivity index (χ4v) is 3.29. The highest BCUT2D eigenvalue weighted by Gasteiger charge is 2.38. The second-order valence-corrected chi connectivity index (χ2v) is 5.76. The molecule has 1 aliphatic rings. The van der Waals surface area contributed by atoms with Gasteiger partial charge in [-0.1, -0.05) is 37.5 Å². The van der Waals surface area contributed by atoms with E-state index in [4.69, 9.17) is 4.74 Å². The normalized spacial score (nSPS) is 17.4. The van der Waals surface area contributed by atoms with Crippen LogP contribution in [-0.2, 0) is 11.2 Å². The fourth-order valence-electron chi connectivity index (χ4n) is 3.29. The van der Waals surface area contributed by atoms with Gasteiger partial charge in [0.1, 0.15) is 11.5 Å². The smallest absolute Gasteiger partial charge is 0.143 e. The Balaban J connectivity index is 2.20. The molecule has 0 unspecified atom stereocenters. The van der Waals surface area contributed by atoms with E-state index in [1.54, 1.807) is 7.11 Å². The highest BCUT2D eigenvalue weighted by Crippen LogP contribution is 2.42. The molecule has 0 spiro atoms. The topological polar surface area (TPSA) is 26.3 Å². The molecule has 1 saturated carbocycles. The van der Waals surface area contributed by atoms with Crippen molar-refractivity contribution >= 4 is 5.78 Å². The van der Waals surface area contributed by atoms with Crippen LogP contribution in [0.5, 0.6) is 5.75 Å². The lowest BCUT2D eigenvalue weighted by molar-refractivity contribution is -0.128. The van der Waals surface area contributed by atoms with Gasteiger partial charge >= 0.3 is 0 Å². The van der Waals surface area contributed by atoms with Crippen molar-refractivity contribution in [2.75, 3.05) is 7.11 Å². The van der Waals surface area contributed by atoms with Crippen LogP contribution in [0, 0.1) is 12.3 Å². The first-order valence-corrected chi connectivity index (χ1v) is 7.28. The summed E-state index contributed by atoms with van der Waals surface area (Å²) in [5, 5.41) is 0. The predicted octanol–water partition coefficient (Wildman–Crippen LogP) is 4.09. The summed E-state index contributed by atoms with van der Waals surface area (Å²) in [6, 6.07) is 6.07. The van der Waals surface area contributed by atoms with Crippen LogP contribution in [0.4, 0.5) is 0 Å². The molecule has 1 aromatic rings. The molecule has 2 heteroatoms. The summed E-state index contributed by atoms with van der Waals surface area (Å²) < 4.78 is 5.38. The minimum Gasteiger partial charge on any atom is -0.496 e. The van der Waals surface area contributed by atoms with E-state index >= 15 is 0 Å². The van der Waals surface area contributed by atoms with Gasteiger partial charge in [0, 0.05) is 17.4 Å². The van der Waals surface area contributed by atoms with E-state index in [-0.39, 0.29) is 5.41 Å². The molecule has 0 N–H and O–H groups in total. The Morgan fingerprint density at radius 2 is 2.00 bits per heavy atom. The highest BCUT2D eigenvalue weighted by atomic mass is 16.5. The van der Waals surface area contributed by atoms with Crippen LogP contribution in [0.1, 0.15) is 50.2 Å². The molecule has 104 valence electrons. The first-order chi connectivity index (χ1) is 9.11. The minimum absolute atomic E-state index is 0.0608. The molecule has 0 aliphatic heterocycles. The number of carbonyl (C=O) groups excluding carboxylic acids is 1. The predicted molar refractivity (Wildman–Crippen MR) is 77.6 cm³/mol. The number of rotatable bonds is 5. The van der Waals surface area contributed by atoms with Gasteiger partial charge in [0.05, 0.1) is 7.11 Å². The third-order valence-electron chi connectivity index (χ3n) is 4.62. The number of ketones is 1. The van der Waals surface area contributed by atoms with Crippen molar-refractivity contribution in [3.05, 3.63) is 29.3 Å². The zero-order chi connectivity index (χ0) is 13.9. The molecule has 0 aromatic heterocycles. The Labute approximate surface area is 116 Å². The first-order valence-electron chi connectivity index (χ1n) is 7.28. The van der Waals surface area contributed by atoms with Crippen molar-refractivity contribution in [3.8, 4) is 5.75 Å². The molecule has 0 heterocycles. The van der Waals surface area contributed by atoms with Gasteiger partial charge in [0.15, 0.2) is 0 Å². The number of methoxy groups -OCH3 is 1. The monoisotopic (exact) mass is 260 g/mol. The second-order valence-electron chi connectivity index (χ2n) is 5.76. The van der Waals surface area contributed by atoms with E-state index in [0.29, 0.717) is 12.2 Å². The molecular formula is C17H24O2. The largest absolute Gasteiger partial charge is 0.496 e. The molecule has 2 nitrogen and oxygen atoms in total. The van der Waals surface area contributed by atoms with Crippen molar-refractivity contribution in [3.63, 3.8) is 0 Å². The van der Waals surface area contributed by atoms with Crippen LogP contribution in [0.3, 0.4) is 0 Å². The Hall–Kier alpha value is -1.31. The summed E-state index contributed by atoms with van der Waals surface area (Å²) in [6.45, 7) is 4.20. The number of ether oxygens (including phenoxy) is 1. The van der Waals surface area contributed by atoms with Crippen LogP contribution in [0.2, 0.25) is 0 Å². The van der Waals surface area contributed by atoms with Crippen LogP contribution in [-0.4, -0.2) is 12.9 Å². The molecule has 0 radical (unpaired) electrons. The summed E-state index contributed by atoms with van der Waals surface area (Å²) in [5.41, 5.74) is 2.15. The number of benzene rings is 1. The summed E-state index contributed by atoms with van der Waals surface area (Å²) in [5.74, 6) is 1.24. The van der Waals surface area contributed by atoms with E-state index in [1.165, 1.54) is 18.4 Å². The highest BCUT2D eigenvalue weighted by molar-refractivity contribution is 5.87. The SMILES string of the molecule is CCC1(C(=O)Cc2cc(C)ccc2OC)CCCC1. The lowest BCUT2D eigenvalue weighted by atomic mass is 9.77. The molecule has 0 saturated heterocycles. The maximum absolute atomic E-state index is 12.7. The average molecular weight is 260 g/mol. The maximum Gasteiger partial charge on any atom is 0.143 e. The first kappa shape index (κ1) is 14.1. The average Bonchev–Trinajstić information content (AvgIpc) is 2.89. The number of hydrogen-bond donors (Lipinski definition) is 0. The van der Waals surface area contributed by atoms with E-state index in [9.17, 15) is 4.79 Å². The fraction of sp³-hybridized carbons (Fsp3) is 0.588. The molecule has 0 amide bonds. The third-order valence-corrected chi connectivity index (χ3v) is 4.62. The van der Waals surface area contributed by atoms with Gasteiger partial charge in [-0.25, -0.2) is 0 Å². The number of Topliss-reactive ketones (excluding diaryl/α,β-unsaturated/α-hetero) is 1. The molecule has 1 fully saturated rings. The molecule has 1 aliphatic carbocycles. The van der Waals surface area contributed by atoms with Crippen molar-refractivity contribution < 1.29 is 9.53 Å². The maximum atomic E-state index is 12.7. The Bertz CT molecular complexity index is 456. The van der Waals surface area contributed by atoms with Crippen molar-refractivity contribution in [1.29, 1.82) is 0 Å². The zero-order valence-corrected chi connectivity index (χ0v) is 12.3. The molecule has 0 bridgehead atoms. The quantitative estimate of drug-likeness (QED) is 0.797. The van der Waals surface area contributed by atoms with Crippen LogP contribution in [0.15, 0.2) is 18.2 Å². The number of aryl methyl sites for hydroxylation is 1. The van der Waals surface area contributed by atoms with Crippen LogP contribution < -0.4 is 4.74 Å². The van der Waals surface area contributed by atoms with Gasteiger partial charge in [0.2, 0.25) is 0 Å². The Kier molecular flexibility index (Phi) is 4.28. The lowest BCUT2D eigenvalue weighted by Crippen LogP contribution is -2.29.